The van der Waals surface area contributed by atoms with Gasteiger partial charge in [0, 0.05) is 25.7 Å². The van der Waals surface area contributed by atoms with Gasteiger partial charge < -0.3 is 24.5 Å². The monoisotopic (exact) mass is 315 g/mol. The zero-order valence-corrected chi connectivity index (χ0v) is 13.6. The van der Waals surface area contributed by atoms with Gasteiger partial charge in [-0.2, -0.15) is 0 Å². The van der Waals surface area contributed by atoms with Crippen molar-refractivity contribution in [2.45, 2.75) is 26.9 Å². The molecule has 0 aliphatic carbocycles. The zero-order chi connectivity index (χ0) is 16.2. The van der Waals surface area contributed by atoms with Crippen molar-refractivity contribution in [3.8, 4) is 11.5 Å². The van der Waals surface area contributed by atoms with Crippen molar-refractivity contribution in [2.75, 3.05) is 13.8 Å². The number of ether oxygens (including phenoxy) is 2. The molecule has 1 aliphatic heterocycles. The van der Waals surface area contributed by atoms with Crippen molar-refractivity contribution < 1.29 is 13.9 Å². The zero-order valence-electron chi connectivity index (χ0n) is 13.6. The number of aliphatic imine (C=N–C) groups is 1. The molecule has 1 aromatic heterocycles. The Hall–Kier alpha value is -2.63. The molecular weight excluding hydrogens is 294 g/mol. The van der Waals surface area contributed by atoms with E-state index in [0.29, 0.717) is 19.9 Å². The van der Waals surface area contributed by atoms with E-state index in [4.69, 9.17) is 13.9 Å². The van der Waals surface area contributed by atoms with E-state index in [1.807, 2.05) is 38.1 Å². The highest BCUT2D eigenvalue weighted by molar-refractivity contribution is 5.79. The summed E-state index contributed by atoms with van der Waals surface area (Å²) in [6.45, 7) is 5.53. The Morgan fingerprint density at radius 1 is 1.09 bits per heavy atom. The summed E-state index contributed by atoms with van der Waals surface area (Å²) in [5, 5.41) is 6.57. The fourth-order valence-corrected chi connectivity index (χ4v) is 2.50. The first-order chi connectivity index (χ1) is 11.2. The predicted octanol–water partition coefficient (Wildman–Crippen LogP) is 2.49. The fraction of sp³-hybridized carbons (Fsp3) is 0.353. The van der Waals surface area contributed by atoms with Crippen LogP contribution in [-0.2, 0) is 13.1 Å². The van der Waals surface area contributed by atoms with Gasteiger partial charge in [-0.05, 0) is 37.6 Å². The van der Waals surface area contributed by atoms with Gasteiger partial charge in [-0.3, -0.25) is 4.99 Å². The van der Waals surface area contributed by atoms with E-state index in [9.17, 15) is 0 Å². The lowest BCUT2D eigenvalue weighted by molar-refractivity contribution is 0.174. The number of rotatable bonds is 4. The summed E-state index contributed by atoms with van der Waals surface area (Å²) < 4.78 is 16.2. The highest BCUT2D eigenvalue weighted by Gasteiger charge is 2.13. The van der Waals surface area contributed by atoms with Gasteiger partial charge >= 0.3 is 0 Å². The van der Waals surface area contributed by atoms with Crippen LogP contribution < -0.4 is 20.1 Å². The molecule has 6 nitrogen and oxygen atoms in total. The van der Waals surface area contributed by atoms with E-state index in [2.05, 4.69) is 15.6 Å². The van der Waals surface area contributed by atoms with Crippen LogP contribution in [0.15, 0.2) is 33.7 Å². The van der Waals surface area contributed by atoms with Gasteiger partial charge in [-0.15, -0.1) is 0 Å². The Morgan fingerprint density at radius 2 is 1.87 bits per heavy atom. The fourth-order valence-electron chi connectivity index (χ4n) is 2.50. The first kappa shape index (κ1) is 15.3. The summed E-state index contributed by atoms with van der Waals surface area (Å²) in [6.07, 6.45) is 0. The quantitative estimate of drug-likeness (QED) is 0.670. The summed E-state index contributed by atoms with van der Waals surface area (Å²) in [4.78, 5) is 4.24. The molecule has 0 saturated carbocycles. The average molecular weight is 315 g/mol. The molecule has 1 aliphatic rings. The van der Waals surface area contributed by atoms with Crippen LogP contribution in [0.25, 0.3) is 0 Å². The van der Waals surface area contributed by atoms with Gasteiger partial charge in [0.05, 0.1) is 0 Å². The lowest BCUT2D eigenvalue weighted by Crippen LogP contribution is -2.36. The topological polar surface area (TPSA) is 68.0 Å². The first-order valence-electron chi connectivity index (χ1n) is 7.54. The van der Waals surface area contributed by atoms with Crippen molar-refractivity contribution in [3.05, 3.63) is 46.9 Å². The van der Waals surface area contributed by atoms with E-state index in [1.54, 1.807) is 7.05 Å². The Morgan fingerprint density at radius 3 is 2.61 bits per heavy atom. The minimum Gasteiger partial charge on any atom is -0.466 e. The highest BCUT2D eigenvalue weighted by Crippen LogP contribution is 2.32. The van der Waals surface area contributed by atoms with Crippen LogP contribution >= 0.6 is 0 Å². The maximum atomic E-state index is 5.53. The largest absolute Gasteiger partial charge is 0.466 e. The number of nitrogens with one attached hydrogen (secondary N) is 2. The molecule has 23 heavy (non-hydrogen) atoms. The number of fused-ring (bicyclic) bond motifs is 1. The number of aryl methyl sites for hydroxylation is 2. The molecule has 0 fully saturated rings. The van der Waals surface area contributed by atoms with E-state index in [0.717, 1.165) is 40.1 Å². The molecule has 0 saturated heterocycles. The van der Waals surface area contributed by atoms with Gasteiger partial charge in [0.1, 0.15) is 11.5 Å². The second-order valence-corrected chi connectivity index (χ2v) is 5.41. The summed E-state index contributed by atoms with van der Waals surface area (Å²) >= 11 is 0. The summed E-state index contributed by atoms with van der Waals surface area (Å²) in [6, 6.07) is 7.95. The molecule has 0 spiro atoms. The van der Waals surface area contributed by atoms with E-state index < -0.39 is 0 Å². The molecule has 2 N–H and O–H groups in total. The van der Waals surface area contributed by atoms with Crippen LogP contribution in [0.4, 0.5) is 0 Å². The smallest absolute Gasteiger partial charge is 0.231 e. The molecule has 0 unspecified atom stereocenters. The minimum absolute atomic E-state index is 0.291. The number of benzene rings is 1. The molecule has 2 heterocycles. The molecule has 0 bridgehead atoms. The SMILES string of the molecule is CN=C(NCc1ccc2c(c1)OCO2)NCc1cc(C)oc1C. The molecular formula is C17H21N3O3. The van der Waals surface area contributed by atoms with Gasteiger partial charge in [0.2, 0.25) is 6.79 Å². The van der Waals surface area contributed by atoms with Crippen LogP contribution in [0.3, 0.4) is 0 Å². The molecule has 2 aromatic rings. The summed E-state index contributed by atoms with van der Waals surface area (Å²) in [7, 11) is 1.75. The van der Waals surface area contributed by atoms with E-state index in [1.165, 1.54) is 0 Å². The second kappa shape index (κ2) is 6.64. The van der Waals surface area contributed by atoms with Gasteiger partial charge in [-0.1, -0.05) is 6.07 Å². The predicted molar refractivity (Wildman–Crippen MR) is 87.8 cm³/mol. The van der Waals surface area contributed by atoms with Crippen molar-refractivity contribution in [3.63, 3.8) is 0 Å². The molecule has 0 amide bonds. The second-order valence-electron chi connectivity index (χ2n) is 5.41. The van der Waals surface area contributed by atoms with Crippen LogP contribution in [0.1, 0.15) is 22.6 Å². The van der Waals surface area contributed by atoms with Crippen molar-refractivity contribution in [1.29, 1.82) is 0 Å². The maximum Gasteiger partial charge on any atom is 0.231 e. The van der Waals surface area contributed by atoms with Crippen LogP contribution in [-0.4, -0.2) is 19.8 Å². The number of hydrogen-bond donors (Lipinski definition) is 2. The average Bonchev–Trinajstić information content (AvgIpc) is 3.13. The van der Waals surface area contributed by atoms with Crippen molar-refractivity contribution >= 4 is 5.96 Å². The summed E-state index contributed by atoms with van der Waals surface area (Å²) in [5.74, 6) is 4.17. The first-order valence-corrected chi connectivity index (χ1v) is 7.54. The number of nitrogens with zero attached hydrogens (tertiary/aromatic N) is 1. The summed E-state index contributed by atoms with van der Waals surface area (Å²) in [5.41, 5.74) is 2.24. The van der Waals surface area contributed by atoms with Crippen LogP contribution in [0, 0.1) is 13.8 Å². The standard InChI is InChI=1S/C17H21N3O3/c1-11-6-14(12(2)23-11)9-20-17(18-3)19-8-13-4-5-15-16(7-13)22-10-21-15/h4-7H,8-10H2,1-3H3,(H2,18,19,20). The molecule has 122 valence electrons. The molecule has 3 rings (SSSR count). The van der Waals surface area contributed by atoms with E-state index in [-0.39, 0.29) is 0 Å². The Balaban J connectivity index is 1.54. The number of furan rings is 1. The Labute approximate surface area is 135 Å². The van der Waals surface area contributed by atoms with E-state index >= 15 is 0 Å². The third-order valence-corrected chi connectivity index (χ3v) is 3.71. The molecule has 1 aromatic carbocycles. The lowest BCUT2D eigenvalue weighted by Gasteiger charge is -2.12. The maximum absolute atomic E-state index is 5.53. The van der Waals surface area contributed by atoms with Crippen LogP contribution in [0.5, 0.6) is 11.5 Å². The van der Waals surface area contributed by atoms with Crippen LogP contribution in [0.2, 0.25) is 0 Å². The number of hydrogen-bond acceptors (Lipinski definition) is 4. The Bertz CT molecular complexity index is 722. The normalized spacial score (nSPS) is 13.3. The molecule has 0 radical (unpaired) electrons. The highest BCUT2D eigenvalue weighted by atomic mass is 16.7. The number of guanidine groups is 1. The third kappa shape index (κ3) is 3.59. The molecule has 6 heteroatoms. The van der Waals surface area contributed by atoms with Crippen molar-refractivity contribution in [2.24, 2.45) is 4.99 Å². The molecule has 0 atom stereocenters. The van der Waals surface area contributed by atoms with Gasteiger partial charge in [-0.25, -0.2) is 0 Å². The lowest BCUT2D eigenvalue weighted by atomic mass is 10.2. The van der Waals surface area contributed by atoms with Gasteiger partial charge in [0.25, 0.3) is 0 Å². The van der Waals surface area contributed by atoms with Gasteiger partial charge in [0.15, 0.2) is 17.5 Å². The minimum atomic E-state index is 0.291. The van der Waals surface area contributed by atoms with Crippen molar-refractivity contribution in [1.82, 2.24) is 10.6 Å². The Kier molecular flexibility index (Phi) is 4.41. The third-order valence-electron chi connectivity index (χ3n) is 3.71.